The van der Waals surface area contributed by atoms with Gasteiger partial charge in [0, 0.05) is 21.7 Å². The van der Waals surface area contributed by atoms with Gasteiger partial charge in [-0.3, -0.25) is 4.79 Å². The third kappa shape index (κ3) is 5.71. The van der Waals surface area contributed by atoms with Crippen molar-refractivity contribution in [2.75, 3.05) is 0 Å². The van der Waals surface area contributed by atoms with Gasteiger partial charge < -0.3 is 4.74 Å². The summed E-state index contributed by atoms with van der Waals surface area (Å²) in [7, 11) is 0. The van der Waals surface area contributed by atoms with E-state index in [9.17, 15) is 4.79 Å². The van der Waals surface area contributed by atoms with E-state index in [2.05, 4.69) is 31.3 Å². The first-order chi connectivity index (χ1) is 14.3. The fourth-order valence-electron chi connectivity index (χ4n) is 2.84. The molecule has 4 nitrogen and oxygen atoms in total. The Hall–Kier alpha value is -3.11. The lowest BCUT2D eigenvalue weighted by molar-refractivity contribution is 0.0955. The Kier molecular flexibility index (Phi) is 6.91. The highest BCUT2D eigenvalue weighted by Gasteiger charge is 2.14. The smallest absolute Gasteiger partial charge is 0.271 e. The average molecular weight is 421 g/mol. The van der Waals surface area contributed by atoms with Gasteiger partial charge in [0.25, 0.3) is 5.91 Å². The van der Waals surface area contributed by atoms with E-state index < -0.39 is 0 Å². The van der Waals surface area contributed by atoms with Crippen LogP contribution in [0.15, 0.2) is 77.9 Å². The molecule has 154 valence electrons. The van der Waals surface area contributed by atoms with Crippen LogP contribution in [-0.4, -0.2) is 12.1 Å². The average Bonchev–Trinajstić information content (AvgIpc) is 2.73. The Balaban J connectivity index is 1.63. The van der Waals surface area contributed by atoms with Gasteiger partial charge in [-0.05, 0) is 41.3 Å². The Morgan fingerprint density at radius 2 is 1.67 bits per heavy atom. The number of halogens is 1. The summed E-state index contributed by atoms with van der Waals surface area (Å²) in [5.41, 5.74) is 6.00. The summed E-state index contributed by atoms with van der Waals surface area (Å²) >= 11 is 6.19. The summed E-state index contributed by atoms with van der Waals surface area (Å²) in [6.45, 7) is 6.75. The second kappa shape index (κ2) is 9.59. The third-order valence-corrected chi connectivity index (χ3v) is 5.01. The summed E-state index contributed by atoms with van der Waals surface area (Å²) in [6, 6.07) is 22.6. The molecule has 0 aliphatic carbocycles. The van der Waals surface area contributed by atoms with Gasteiger partial charge >= 0.3 is 0 Å². The van der Waals surface area contributed by atoms with E-state index in [-0.39, 0.29) is 11.3 Å². The number of benzene rings is 3. The van der Waals surface area contributed by atoms with E-state index >= 15 is 0 Å². The van der Waals surface area contributed by atoms with E-state index in [1.54, 1.807) is 6.21 Å². The molecule has 0 heterocycles. The molecule has 3 aromatic carbocycles. The van der Waals surface area contributed by atoms with Gasteiger partial charge in [-0.15, -0.1) is 0 Å². The van der Waals surface area contributed by atoms with E-state index in [0.717, 1.165) is 11.1 Å². The number of hydrazone groups is 1. The molecule has 0 bridgehead atoms. The molecule has 1 N–H and O–H groups in total. The lowest BCUT2D eigenvalue weighted by Gasteiger charge is -2.18. The Bertz CT molecular complexity index is 1040. The molecule has 0 radical (unpaired) electrons. The van der Waals surface area contributed by atoms with Crippen molar-refractivity contribution in [2.45, 2.75) is 32.8 Å². The van der Waals surface area contributed by atoms with Crippen LogP contribution >= 0.6 is 11.6 Å². The Labute approximate surface area is 182 Å². The number of rotatable bonds is 6. The number of carbonyl (C=O) groups excluding carboxylic acids is 1. The number of nitrogens with zero attached hydrogens (tertiary/aromatic N) is 1. The second-order valence-electron chi connectivity index (χ2n) is 7.94. The van der Waals surface area contributed by atoms with Crippen LogP contribution in [0.25, 0.3) is 0 Å². The van der Waals surface area contributed by atoms with Crippen LogP contribution < -0.4 is 10.2 Å². The number of amides is 1. The maximum Gasteiger partial charge on any atom is 0.271 e. The molecule has 0 aliphatic rings. The second-order valence-corrected chi connectivity index (χ2v) is 8.35. The number of hydrogen-bond donors (Lipinski definition) is 1. The molecular formula is C25H25ClN2O2. The summed E-state index contributed by atoms with van der Waals surface area (Å²) in [5, 5.41) is 4.75. The van der Waals surface area contributed by atoms with Crippen molar-refractivity contribution < 1.29 is 9.53 Å². The highest BCUT2D eigenvalue weighted by atomic mass is 35.5. The minimum absolute atomic E-state index is 0.0425. The van der Waals surface area contributed by atoms with E-state index in [0.29, 0.717) is 22.9 Å². The molecule has 0 unspecified atom stereocenters. The minimum Gasteiger partial charge on any atom is -0.488 e. The predicted molar refractivity (Wildman–Crippen MR) is 122 cm³/mol. The fourth-order valence-corrected chi connectivity index (χ4v) is 3.03. The van der Waals surface area contributed by atoms with Gasteiger partial charge in [-0.2, -0.15) is 5.10 Å². The summed E-state index contributed by atoms with van der Waals surface area (Å²) < 4.78 is 5.90. The highest BCUT2D eigenvalue weighted by Crippen LogP contribution is 2.22. The van der Waals surface area contributed by atoms with E-state index in [4.69, 9.17) is 16.3 Å². The van der Waals surface area contributed by atoms with E-state index in [1.165, 1.54) is 5.56 Å². The molecule has 1 amide bonds. The summed E-state index contributed by atoms with van der Waals surface area (Å²) in [6.07, 6.45) is 1.57. The first-order valence-corrected chi connectivity index (χ1v) is 10.1. The van der Waals surface area contributed by atoms with Crippen LogP contribution in [0, 0.1) is 0 Å². The van der Waals surface area contributed by atoms with Gasteiger partial charge in [-0.1, -0.05) is 74.8 Å². The zero-order chi connectivity index (χ0) is 21.6. The van der Waals surface area contributed by atoms with Crippen LogP contribution in [0.3, 0.4) is 0 Å². The number of nitrogens with one attached hydrogen (secondary N) is 1. The van der Waals surface area contributed by atoms with Gasteiger partial charge in [0.05, 0.1) is 6.21 Å². The zero-order valence-electron chi connectivity index (χ0n) is 17.4. The molecule has 0 fully saturated rings. The number of carbonyl (C=O) groups is 1. The van der Waals surface area contributed by atoms with Gasteiger partial charge in [0.2, 0.25) is 0 Å². The summed E-state index contributed by atoms with van der Waals surface area (Å²) in [5.74, 6) is 0.395. The molecule has 30 heavy (non-hydrogen) atoms. The van der Waals surface area contributed by atoms with Crippen LogP contribution in [0.4, 0.5) is 0 Å². The van der Waals surface area contributed by atoms with Crippen LogP contribution in [-0.2, 0) is 12.0 Å². The predicted octanol–water partition coefficient (Wildman–Crippen LogP) is 5.98. The zero-order valence-corrected chi connectivity index (χ0v) is 18.1. The summed E-state index contributed by atoms with van der Waals surface area (Å²) in [4.78, 5) is 12.4. The number of para-hydroxylation sites is 1. The number of hydrogen-bond acceptors (Lipinski definition) is 3. The van der Waals surface area contributed by atoms with Crippen molar-refractivity contribution in [2.24, 2.45) is 5.10 Å². The lowest BCUT2D eigenvalue weighted by Crippen LogP contribution is -2.18. The Morgan fingerprint density at radius 3 is 2.37 bits per heavy atom. The molecule has 0 atom stereocenters. The molecule has 0 aromatic heterocycles. The molecular weight excluding hydrogens is 396 g/mol. The SMILES string of the molecule is CC(C)(C)c1ccc(C(=O)N/N=C\c2ccccc2OCc2ccccc2Cl)cc1. The molecule has 3 rings (SSSR count). The molecule has 5 heteroatoms. The maximum atomic E-state index is 12.4. The quantitative estimate of drug-likeness (QED) is 0.394. The third-order valence-electron chi connectivity index (χ3n) is 4.64. The van der Waals surface area contributed by atoms with Crippen molar-refractivity contribution in [1.29, 1.82) is 0 Å². The highest BCUT2D eigenvalue weighted by molar-refractivity contribution is 6.31. The van der Waals surface area contributed by atoms with Crippen molar-refractivity contribution in [3.8, 4) is 5.75 Å². The standard InChI is InChI=1S/C25H25ClN2O2/c1-25(2,3)21-14-12-18(13-15-21)24(29)28-27-16-19-8-5-7-11-23(19)30-17-20-9-4-6-10-22(20)26/h4-16H,17H2,1-3H3,(H,28,29)/b27-16-. The number of ether oxygens (including phenoxy) is 1. The monoisotopic (exact) mass is 420 g/mol. The fraction of sp³-hybridized carbons (Fsp3) is 0.200. The molecule has 0 saturated heterocycles. The Morgan fingerprint density at radius 1 is 1.00 bits per heavy atom. The van der Waals surface area contributed by atoms with Gasteiger partial charge in [-0.25, -0.2) is 5.43 Å². The van der Waals surface area contributed by atoms with Gasteiger partial charge in [0.15, 0.2) is 0 Å². The van der Waals surface area contributed by atoms with Crippen LogP contribution in [0.5, 0.6) is 5.75 Å². The first-order valence-electron chi connectivity index (χ1n) is 9.74. The molecule has 0 spiro atoms. The largest absolute Gasteiger partial charge is 0.488 e. The van der Waals surface area contributed by atoms with Crippen LogP contribution in [0.2, 0.25) is 5.02 Å². The normalized spacial score (nSPS) is 11.5. The van der Waals surface area contributed by atoms with Crippen LogP contribution in [0.1, 0.15) is 47.8 Å². The van der Waals surface area contributed by atoms with Crippen molar-refractivity contribution in [3.05, 3.63) is 100 Å². The molecule has 0 aliphatic heterocycles. The lowest BCUT2D eigenvalue weighted by atomic mass is 9.87. The minimum atomic E-state index is -0.263. The topological polar surface area (TPSA) is 50.7 Å². The molecule has 0 saturated carbocycles. The molecule has 3 aromatic rings. The van der Waals surface area contributed by atoms with Gasteiger partial charge in [0.1, 0.15) is 12.4 Å². The maximum absolute atomic E-state index is 12.4. The van der Waals surface area contributed by atoms with Crippen molar-refractivity contribution in [1.82, 2.24) is 5.43 Å². The van der Waals surface area contributed by atoms with E-state index in [1.807, 2.05) is 72.8 Å². The van der Waals surface area contributed by atoms with Crippen molar-refractivity contribution >= 4 is 23.7 Å². The first kappa shape index (κ1) is 21.6. The van der Waals surface area contributed by atoms with Crippen molar-refractivity contribution in [3.63, 3.8) is 0 Å².